The number of hydrogen-bond acceptors (Lipinski definition) is 6. The number of nitrogens with two attached hydrogens (primary N) is 1. The van der Waals surface area contributed by atoms with Crippen molar-refractivity contribution >= 4 is 23.5 Å². The summed E-state index contributed by atoms with van der Waals surface area (Å²) in [6.07, 6.45) is 0.105. The average molecular weight is 282 g/mol. The molecule has 0 radical (unpaired) electrons. The van der Waals surface area contributed by atoms with E-state index >= 15 is 0 Å². The van der Waals surface area contributed by atoms with Gasteiger partial charge in [-0.15, -0.1) is 0 Å². The van der Waals surface area contributed by atoms with Crippen LogP contribution in [0.25, 0.3) is 0 Å². The van der Waals surface area contributed by atoms with Gasteiger partial charge in [0, 0.05) is 24.8 Å². The number of rotatable bonds is 3. The maximum absolute atomic E-state index is 12.0. The van der Waals surface area contributed by atoms with Crippen LogP contribution in [0.15, 0.2) is 11.2 Å². The number of carbonyl (C=O) groups is 1. The van der Waals surface area contributed by atoms with Gasteiger partial charge in [-0.2, -0.15) is 0 Å². The number of aryl methyl sites for hydroxylation is 1. The minimum Gasteiger partial charge on any atom is -0.384 e. The Bertz CT molecular complexity index is 449. The van der Waals surface area contributed by atoms with Gasteiger partial charge < -0.3 is 15.4 Å². The fourth-order valence-corrected chi connectivity index (χ4v) is 2.71. The molecule has 1 aliphatic heterocycles. The molecular formula is C12H18N4O2S. The van der Waals surface area contributed by atoms with Crippen LogP contribution in [0.3, 0.4) is 0 Å². The van der Waals surface area contributed by atoms with Crippen LogP contribution in [-0.4, -0.2) is 52.3 Å². The molecule has 1 fully saturated rings. The number of thioether (sulfide) groups is 1. The van der Waals surface area contributed by atoms with E-state index in [-0.39, 0.29) is 12.0 Å². The second-order valence-corrected chi connectivity index (χ2v) is 5.47. The first-order valence-electron chi connectivity index (χ1n) is 6.18. The molecule has 1 atom stereocenters. The molecule has 2 N–H and O–H groups in total. The number of nitrogen functional groups attached to an aromatic ring is 1. The minimum absolute atomic E-state index is 0.0869. The highest BCUT2D eigenvalue weighted by Crippen LogP contribution is 2.16. The predicted molar refractivity (Wildman–Crippen MR) is 73.9 cm³/mol. The molecule has 1 amide bonds. The quantitative estimate of drug-likeness (QED) is 0.649. The zero-order valence-electron chi connectivity index (χ0n) is 11.1. The van der Waals surface area contributed by atoms with Crippen molar-refractivity contribution < 1.29 is 9.53 Å². The third-order valence-corrected chi connectivity index (χ3v) is 3.60. The lowest BCUT2D eigenvalue weighted by atomic mass is 10.3. The van der Waals surface area contributed by atoms with Crippen molar-refractivity contribution in [3.05, 3.63) is 11.8 Å². The van der Waals surface area contributed by atoms with E-state index in [4.69, 9.17) is 10.5 Å². The standard InChI is InChI=1S/C12H18N4O2S/c1-8-5-10(13)15-12(14-8)19-7-11(17)16-3-4-18-9(2)6-16/h5,9H,3-4,6-7H2,1-2H3,(H2,13,14,15)/t9-/m1/s1. The van der Waals surface area contributed by atoms with Crippen molar-refractivity contribution in [2.45, 2.75) is 25.1 Å². The van der Waals surface area contributed by atoms with Gasteiger partial charge >= 0.3 is 0 Å². The number of ether oxygens (including phenoxy) is 1. The summed E-state index contributed by atoms with van der Waals surface area (Å²) in [5.74, 6) is 0.849. The van der Waals surface area contributed by atoms with Gasteiger partial charge in [-0.1, -0.05) is 11.8 Å². The lowest BCUT2D eigenvalue weighted by Crippen LogP contribution is -2.45. The zero-order valence-corrected chi connectivity index (χ0v) is 11.9. The highest BCUT2D eigenvalue weighted by molar-refractivity contribution is 7.99. The first kappa shape index (κ1) is 14.1. The molecule has 1 aromatic rings. The number of morpholine rings is 1. The van der Waals surface area contributed by atoms with Gasteiger partial charge in [0.15, 0.2) is 5.16 Å². The summed E-state index contributed by atoms with van der Waals surface area (Å²) in [4.78, 5) is 22.2. The van der Waals surface area contributed by atoms with E-state index in [1.807, 2.05) is 18.7 Å². The molecule has 1 saturated heterocycles. The van der Waals surface area contributed by atoms with Crippen molar-refractivity contribution in [2.75, 3.05) is 31.2 Å². The minimum atomic E-state index is 0.0869. The Hall–Kier alpha value is -1.34. The maximum atomic E-state index is 12.0. The average Bonchev–Trinajstić information content (AvgIpc) is 2.35. The van der Waals surface area contributed by atoms with E-state index in [1.165, 1.54) is 11.8 Å². The first-order valence-corrected chi connectivity index (χ1v) is 7.16. The second-order valence-electron chi connectivity index (χ2n) is 4.53. The molecule has 0 spiro atoms. The van der Waals surface area contributed by atoms with Crippen LogP contribution in [0.2, 0.25) is 0 Å². The molecule has 2 rings (SSSR count). The number of nitrogens with zero attached hydrogens (tertiary/aromatic N) is 3. The molecule has 1 aliphatic rings. The van der Waals surface area contributed by atoms with E-state index in [9.17, 15) is 4.79 Å². The molecule has 0 bridgehead atoms. The van der Waals surface area contributed by atoms with E-state index in [1.54, 1.807) is 6.07 Å². The SMILES string of the molecule is Cc1cc(N)nc(SCC(=O)N2CCO[C@H](C)C2)n1. The van der Waals surface area contributed by atoms with Crippen LogP contribution < -0.4 is 5.73 Å². The van der Waals surface area contributed by atoms with Crippen molar-refractivity contribution in [3.8, 4) is 0 Å². The third-order valence-electron chi connectivity index (χ3n) is 2.77. The normalized spacial score (nSPS) is 19.5. The lowest BCUT2D eigenvalue weighted by molar-refractivity contribution is -0.135. The zero-order chi connectivity index (χ0) is 13.8. The maximum Gasteiger partial charge on any atom is 0.233 e. The van der Waals surface area contributed by atoms with E-state index in [2.05, 4.69) is 9.97 Å². The van der Waals surface area contributed by atoms with Crippen LogP contribution in [0.4, 0.5) is 5.82 Å². The molecule has 1 aromatic heterocycles. The van der Waals surface area contributed by atoms with E-state index < -0.39 is 0 Å². The fourth-order valence-electron chi connectivity index (χ4n) is 1.89. The summed E-state index contributed by atoms with van der Waals surface area (Å²) < 4.78 is 5.41. The summed E-state index contributed by atoms with van der Waals surface area (Å²) in [7, 11) is 0. The third kappa shape index (κ3) is 4.07. The van der Waals surface area contributed by atoms with E-state index in [0.29, 0.717) is 36.4 Å². The van der Waals surface area contributed by atoms with Crippen LogP contribution in [0.5, 0.6) is 0 Å². The molecule has 2 heterocycles. The summed E-state index contributed by atoms with van der Waals surface area (Å²) in [5, 5.41) is 0.548. The van der Waals surface area contributed by atoms with Crippen molar-refractivity contribution in [3.63, 3.8) is 0 Å². The van der Waals surface area contributed by atoms with Gasteiger partial charge in [0.25, 0.3) is 0 Å². The smallest absolute Gasteiger partial charge is 0.233 e. The monoisotopic (exact) mass is 282 g/mol. The highest BCUT2D eigenvalue weighted by Gasteiger charge is 2.21. The first-order chi connectivity index (χ1) is 9.04. The molecule has 0 saturated carbocycles. The predicted octanol–water partition coefficient (Wildman–Crippen LogP) is 0.707. The van der Waals surface area contributed by atoms with E-state index in [0.717, 1.165) is 5.69 Å². The Balaban J connectivity index is 1.89. The summed E-state index contributed by atoms with van der Waals surface area (Å²) >= 11 is 1.32. The molecule has 19 heavy (non-hydrogen) atoms. The summed E-state index contributed by atoms with van der Waals surface area (Å²) in [6, 6.07) is 1.70. The van der Waals surface area contributed by atoms with Gasteiger partial charge in [-0.05, 0) is 13.8 Å². The van der Waals surface area contributed by atoms with Gasteiger partial charge in [0.05, 0.1) is 18.5 Å². The van der Waals surface area contributed by atoms with Gasteiger partial charge in [-0.25, -0.2) is 9.97 Å². The number of amides is 1. The fraction of sp³-hybridized carbons (Fsp3) is 0.583. The topological polar surface area (TPSA) is 81.3 Å². The Labute approximate surface area is 116 Å². The molecule has 0 aromatic carbocycles. The van der Waals surface area contributed by atoms with Crippen LogP contribution in [0, 0.1) is 6.92 Å². The molecule has 6 nitrogen and oxygen atoms in total. The largest absolute Gasteiger partial charge is 0.384 e. The lowest BCUT2D eigenvalue weighted by Gasteiger charge is -2.31. The van der Waals surface area contributed by atoms with Gasteiger partial charge in [0.1, 0.15) is 5.82 Å². The van der Waals surface area contributed by atoms with Crippen LogP contribution in [-0.2, 0) is 9.53 Å². The molecule has 7 heteroatoms. The number of aromatic nitrogens is 2. The highest BCUT2D eigenvalue weighted by atomic mass is 32.2. The second kappa shape index (κ2) is 6.21. The van der Waals surface area contributed by atoms with Crippen molar-refractivity contribution in [1.29, 1.82) is 0 Å². The number of carbonyl (C=O) groups excluding carboxylic acids is 1. The van der Waals surface area contributed by atoms with Gasteiger partial charge in [-0.3, -0.25) is 4.79 Å². The van der Waals surface area contributed by atoms with Gasteiger partial charge in [0.2, 0.25) is 5.91 Å². The van der Waals surface area contributed by atoms with Crippen LogP contribution >= 0.6 is 11.8 Å². The van der Waals surface area contributed by atoms with Crippen molar-refractivity contribution in [2.24, 2.45) is 0 Å². The summed E-state index contributed by atoms with van der Waals surface area (Å²) in [5.41, 5.74) is 6.46. The molecule has 0 unspecified atom stereocenters. The van der Waals surface area contributed by atoms with Crippen molar-refractivity contribution in [1.82, 2.24) is 14.9 Å². The Kier molecular flexibility index (Phi) is 4.60. The molecule has 0 aliphatic carbocycles. The van der Waals surface area contributed by atoms with Crippen LogP contribution in [0.1, 0.15) is 12.6 Å². The molecule has 104 valence electrons. The molecular weight excluding hydrogens is 264 g/mol. The Morgan fingerprint density at radius 2 is 2.42 bits per heavy atom. The summed E-state index contributed by atoms with van der Waals surface area (Å²) in [6.45, 7) is 5.73. The number of hydrogen-bond donors (Lipinski definition) is 1. The Morgan fingerprint density at radius 3 is 3.11 bits per heavy atom. The Morgan fingerprint density at radius 1 is 1.63 bits per heavy atom. The number of anilines is 1.